The van der Waals surface area contributed by atoms with Crippen molar-refractivity contribution < 1.29 is 19.1 Å². The van der Waals surface area contributed by atoms with Gasteiger partial charge in [-0.2, -0.15) is 4.98 Å². The van der Waals surface area contributed by atoms with E-state index in [0.29, 0.717) is 12.2 Å². The zero-order valence-corrected chi connectivity index (χ0v) is 24.7. The normalized spacial score (nSPS) is 16.1. The first kappa shape index (κ1) is 30.0. The third-order valence-corrected chi connectivity index (χ3v) is 6.45. The summed E-state index contributed by atoms with van der Waals surface area (Å²) in [4.78, 5) is 51.5. The molecule has 0 bridgehead atoms. The van der Waals surface area contributed by atoms with E-state index in [0.717, 1.165) is 55.2 Å². The van der Waals surface area contributed by atoms with Crippen molar-refractivity contribution in [2.75, 3.05) is 26.2 Å². The lowest BCUT2D eigenvalue weighted by molar-refractivity contribution is 0.0545. The number of aromatic nitrogens is 3. The van der Waals surface area contributed by atoms with Crippen LogP contribution in [0.25, 0.3) is 21.9 Å². The second-order valence-electron chi connectivity index (χ2n) is 12.3. The van der Waals surface area contributed by atoms with Crippen LogP contribution in [0.4, 0.5) is 9.59 Å². The van der Waals surface area contributed by atoms with Crippen LogP contribution in [0.1, 0.15) is 66.8 Å². The predicted octanol–water partition coefficient (Wildman–Crippen LogP) is 4.31. The molecule has 222 valence electrons. The van der Waals surface area contributed by atoms with Gasteiger partial charge < -0.3 is 19.4 Å². The van der Waals surface area contributed by atoms with Crippen molar-refractivity contribution >= 4 is 40.1 Å². The number of unbranched alkanes of at least 4 members (excludes halogenated alkanes) is 1. The highest BCUT2D eigenvalue weighted by atomic mass is 16.6. The van der Waals surface area contributed by atoms with Gasteiger partial charge in [0.25, 0.3) is 0 Å². The highest BCUT2D eigenvalue weighted by Gasteiger charge is 2.25. The number of ether oxygens (including phenoxy) is 2. The second kappa shape index (κ2) is 12.3. The minimum absolute atomic E-state index is 0.0192. The standard InChI is InChI=1S/C29H41N7O5/c1-28(2,3)40-26(38)33-24(34-27(39)41-29(4,5)6)30-14-9-10-15-35-16-13-19(17-35)36-18-21-20-11-7-8-12-22(20)31-23(21)32-25(36)37/h7-8,11-12,18-19H,9-10,13-17H2,1-6H3,(H,31,32,37)(H2,30,33,34,38,39). The molecule has 12 heteroatoms. The first-order chi connectivity index (χ1) is 19.3. The molecule has 12 nitrogen and oxygen atoms in total. The largest absolute Gasteiger partial charge is 0.444 e. The van der Waals surface area contributed by atoms with Crippen LogP contribution < -0.4 is 16.3 Å². The Labute approximate surface area is 239 Å². The molecule has 0 saturated carbocycles. The Bertz CT molecular complexity index is 1450. The first-order valence-electron chi connectivity index (χ1n) is 14.0. The number of rotatable bonds is 6. The number of guanidine groups is 1. The van der Waals surface area contributed by atoms with Crippen molar-refractivity contribution in [1.82, 2.24) is 30.1 Å². The number of H-pyrrole nitrogens is 1. The SMILES string of the molecule is CC(C)(C)OC(=O)NC(=NCCCCN1CCC(n2cc3c(nc2=O)[nH]c2ccccc23)C1)NC(=O)OC(C)(C)C. The van der Waals surface area contributed by atoms with Crippen LogP contribution in [0.3, 0.4) is 0 Å². The molecule has 0 radical (unpaired) electrons. The third-order valence-electron chi connectivity index (χ3n) is 6.45. The van der Waals surface area contributed by atoms with Crippen molar-refractivity contribution in [3.8, 4) is 0 Å². The van der Waals surface area contributed by atoms with Crippen LogP contribution in [0, 0.1) is 0 Å². The van der Waals surface area contributed by atoms with Crippen LogP contribution in [0.15, 0.2) is 40.2 Å². The Hall–Kier alpha value is -3.93. The summed E-state index contributed by atoms with van der Waals surface area (Å²) in [7, 11) is 0. The number of aliphatic imine (C=N–C) groups is 1. The maximum atomic E-state index is 12.8. The van der Waals surface area contributed by atoms with Gasteiger partial charge >= 0.3 is 17.9 Å². The average Bonchev–Trinajstić information content (AvgIpc) is 3.44. The number of nitrogens with zero attached hydrogens (tertiary/aromatic N) is 4. The molecule has 1 saturated heterocycles. The molecular formula is C29H41N7O5. The molecule has 1 aliphatic heterocycles. The smallest absolute Gasteiger partial charge is 0.414 e. The fourth-order valence-electron chi connectivity index (χ4n) is 4.77. The topological polar surface area (TPSA) is 143 Å². The van der Waals surface area contributed by atoms with E-state index in [1.165, 1.54) is 0 Å². The number of likely N-dealkylation sites (tertiary alicyclic amines) is 1. The quantitative estimate of drug-likeness (QED) is 0.229. The maximum absolute atomic E-state index is 12.8. The van der Waals surface area contributed by atoms with Gasteiger partial charge in [0.2, 0.25) is 5.96 Å². The van der Waals surface area contributed by atoms with Gasteiger partial charge in [-0.1, -0.05) is 18.2 Å². The van der Waals surface area contributed by atoms with Gasteiger partial charge in [-0.15, -0.1) is 0 Å². The minimum Gasteiger partial charge on any atom is -0.444 e. The molecule has 1 fully saturated rings. The lowest BCUT2D eigenvalue weighted by Crippen LogP contribution is -2.47. The number of amides is 2. The van der Waals surface area contributed by atoms with E-state index in [-0.39, 0.29) is 17.7 Å². The molecular weight excluding hydrogens is 526 g/mol. The number of carbonyl (C=O) groups excluding carboxylic acids is 2. The van der Waals surface area contributed by atoms with Crippen LogP contribution >= 0.6 is 0 Å². The van der Waals surface area contributed by atoms with Crippen LogP contribution in [0.5, 0.6) is 0 Å². The maximum Gasteiger partial charge on any atom is 0.414 e. The van der Waals surface area contributed by atoms with Crippen molar-refractivity contribution in [3.63, 3.8) is 0 Å². The number of para-hydroxylation sites is 1. The average molecular weight is 568 g/mol. The number of fused-ring (bicyclic) bond motifs is 3. The van der Waals surface area contributed by atoms with E-state index in [4.69, 9.17) is 9.47 Å². The lowest BCUT2D eigenvalue weighted by atomic mass is 10.2. The number of alkyl carbamates (subject to hydrolysis) is 2. The molecule has 1 aromatic carbocycles. The van der Waals surface area contributed by atoms with Crippen LogP contribution in [0.2, 0.25) is 0 Å². The van der Waals surface area contributed by atoms with Crippen LogP contribution in [-0.2, 0) is 9.47 Å². The van der Waals surface area contributed by atoms with E-state index in [1.54, 1.807) is 46.1 Å². The molecule has 1 aliphatic rings. The second-order valence-corrected chi connectivity index (χ2v) is 12.3. The zero-order valence-electron chi connectivity index (χ0n) is 24.7. The molecule has 0 aliphatic carbocycles. The summed E-state index contributed by atoms with van der Waals surface area (Å²) in [6, 6.07) is 8.02. The molecule has 2 amide bonds. The summed E-state index contributed by atoms with van der Waals surface area (Å²) >= 11 is 0. The summed E-state index contributed by atoms with van der Waals surface area (Å²) < 4.78 is 12.3. The third kappa shape index (κ3) is 8.53. The van der Waals surface area contributed by atoms with Crippen molar-refractivity contribution in [2.24, 2.45) is 4.99 Å². The Morgan fingerprint density at radius 3 is 2.34 bits per heavy atom. The number of hydrogen-bond donors (Lipinski definition) is 3. The van der Waals surface area contributed by atoms with E-state index in [9.17, 15) is 14.4 Å². The highest BCUT2D eigenvalue weighted by Crippen LogP contribution is 2.26. The Morgan fingerprint density at radius 1 is 1.02 bits per heavy atom. The summed E-state index contributed by atoms with van der Waals surface area (Å²) in [5.41, 5.74) is -0.0559. The summed E-state index contributed by atoms with van der Waals surface area (Å²) in [5, 5.41) is 7.01. The van der Waals surface area contributed by atoms with E-state index in [1.807, 2.05) is 30.5 Å². The Morgan fingerprint density at radius 2 is 1.68 bits per heavy atom. The molecule has 41 heavy (non-hydrogen) atoms. The van der Waals surface area contributed by atoms with E-state index >= 15 is 0 Å². The monoisotopic (exact) mass is 567 g/mol. The van der Waals surface area contributed by atoms with Gasteiger partial charge in [-0.05, 0) is 73.4 Å². The summed E-state index contributed by atoms with van der Waals surface area (Å²) in [5.74, 6) is -0.0192. The molecule has 3 N–H and O–H groups in total. The fraction of sp³-hybridized carbons (Fsp3) is 0.552. The van der Waals surface area contributed by atoms with Gasteiger partial charge in [0, 0.05) is 42.1 Å². The highest BCUT2D eigenvalue weighted by molar-refractivity contribution is 6.05. The fourth-order valence-corrected chi connectivity index (χ4v) is 4.77. The van der Waals surface area contributed by atoms with E-state index < -0.39 is 23.4 Å². The molecule has 1 unspecified atom stereocenters. The number of benzene rings is 1. The Balaban J connectivity index is 1.30. The zero-order chi connectivity index (χ0) is 29.8. The molecule has 0 spiro atoms. The van der Waals surface area contributed by atoms with Crippen molar-refractivity contribution in [1.29, 1.82) is 0 Å². The number of nitrogens with one attached hydrogen (secondary N) is 3. The lowest BCUT2D eigenvalue weighted by Gasteiger charge is -2.22. The van der Waals surface area contributed by atoms with Crippen molar-refractivity contribution in [3.05, 3.63) is 40.9 Å². The number of hydrogen-bond acceptors (Lipinski definition) is 8. The number of carbonyl (C=O) groups is 2. The molecule has 4 rings (SSSR count). The predicted molar refractivity (Wildman–Crippen MR) is 158 cm³/mol. The minimum atomic E-state index is -0.717. The molecule has 1 atom stereocenters. The van der Waals surface area contributed by atoms with Gasteiger partial charge in [0.15, 0.2) is 0 Å². The Kier molecular flexibility index (Phi) is 9.01. The number of aromatic amines is 1. The van der Waals surface area contributed by atoms with Crippen molar-refractivity contribution in [2.45, 2.75) is 78.0 Å². The molecule has 2 aromatic heterocycles. The van der Waals surface area contributed by atoms with Gasteiger partial charge in [-0.25, -0.2) is 14.4 Å². The molecule has 3 heterocycles. The van der Waals surface area contributed by atoms with Crippen LogP contribution in [-0.4, -0.2) is 75.0 Å². The van der Waals surface area contributed by atoms with Gasteiger partial charge in [-0.3, -0.25) is 20.2 Å². The van der Waals surface area contributed by atoms with Gasteiger partial charge in [0.05, 0.1) is 6.04 Å². The van der Waals surface area contributed by atoms with E-state index in [2.05, 4.69) is 30.5 Å². The van der Waals surface area contributed by atoms with Gasteiger partial charge in [0.1, 0.15) is 16.8 Å². The molecule has 3 aromatic rings. The summed E-state index contributed by atoms with van der Waals surface area (Å²) in [6.07, 6.45) is 2.97. The first-order valence-corrected chi connectivity index (χ1v) is 14.0. The summed E-state index contributed by atoms with van der Waals surface area (Å²) in [6.45, 7) is 13.4.